The summed E-state index contributed by atoms with van der Waals surface area (Å²) in [4.78, 5) is 16.4. The summed E-state index contributed by atoms with van der Waals surface area (Å²) in [6, 6.07) is 0. The molecule has 0 unspecified atom stereocenters. The number of aliphatic carboxylic acids is 1. The van der Waals surface area contributed by atoms with Gasteiger partial charge in [-0.15, -0.1) is 0 Å². The highest BCUT2D eigenvalue weighted by molar-refractivity contribution is 5.94. The molecule has 1 aliphatic rings. The van der Waals surface area contributed by atoms with E-state index in [4.69, 9.17) is 5.11 Å². The van der Waals surface area contributed by atoms with E-state index in [1.807, 2.05) is 0 Å². The molecule has 0 aromatic rings. The van der Waals surface area contributed by atoms with Crippen LogP contribution >= 0.6 is 0 Å². The molecule has 192 valence electrons. The monoisotopic (exact) mass is 462 g/mol. The van der Waals surface area contributed by atoms with Crippen LogP contribution in [0.5, 0.6) is 0 Å². The van der Waals surface area contributed by atoms with Crippen LogP contribution in [0, 0.1) is 0 Å². The molecule has 0 radical (unpaired) electrons. The van der Waals surface area contributed by atoms with E-state index >= 15 is 0 Å². The molecular weight excluding hydrogens is 408 g/mol. The van der Waals surface area contributed by atoms with E-state index in [1.165, 1.54) is 128 Å². The quantitative estimate of drug-likeness (QED) is 0.137. The fourth-order valence-corrected chi connectivity index (χ4v) is 4.08. The van der Waals surface area contributed by atoms with Crippen LogP contribution in [0.4, 0.5) is 0 Å². The van der Waals surface area contributed by atoms with Gasteiger partial charge in [-0.05, 0) is 25.3 Å². The molecule has 0 aliphatic carbocycles. The summed E-state index contributed by atoms with van der Waals surface area (Å²) in [7, 11) is 0. The minimum atomic E-state index is -0.981. The number of hydrogen-bond acceptors (Lipinski definition) is 3. The third kappa shape index (κ3) is 22.0. The Bertz CT molecular complexity index is 514. The minimum absolute atomic E-state index is 0.833. The van der Waals surface area contributed by atoms with Crippen LogP contribution < -0.4 is 0 Å². The Hall–Kier alpha value is -1.58. The summed E-state index contributed by atoms with van der Waals surface area (Å²) in [6.45, 7) is 10.9. The van der Waals surface area contributed by atoms with E-state index in [0.717, 1.165) is 19.2 Å². The highest BCUT2D eigenvalue weighted by atomic mass is 16.4. The number of carbonyl (C=O) groups is 1. The van der Waals surface area contributed by atoms with E-state index in [2.05, 4.69) is 42.5 Å². The number of unbranched alkanes of at least 4 members (excludes halogenated alkanes) is 16. The minimum Gasteiger partial charge on any atom is -0.478 e. The van der Waals surface area contributed by atoms with Crippen molar-refractivity contribution in [3.63, 3.8) is 0 Å². The molecule has 4 heteroatoms. The van der Waals surface area contributed by atoms with Gasteiger partial charge >= 0.3 is 5.97 Å². The number of amidine groups is 1. The number of allylic oxidation sites excluding steroid dienone is 1. The second-order valence-electron chi connectivity index (χ2n) is 9.26. The smallest absolute Gasteiger partial charge is 0.327 e. The normalized spacial score (nSPS) is 13.2. The number of nitrogens with zero attached hydrogens (tertiary/aromatic N) is 2. The molecule has 0 bridgehead atoms. The predicted molar refractivity (Wildman–Crippen MR) is 145 cm³/mol. The van der Waals surface area contributed by atoms with E-state index in [0.29, 0.717) is 0 Å². The lowest BCUT2D eigenvalue weighted by molar-refractivity contribution is -0.131. The van der Waals surface area contributed by atoms with E-state index < -0.39 is 5.97 Å². The van der Waals surface area contributed by atoms with Crippen LogP contribution in [0.1, 0.15) is 129 Å². The van der Waals surface area contributed by atoms with Crippen molar-refractivity contribution in [3.8, 4) is 0 Å². The molecule has 33 heavy (non-hydrogen) atoms. The van der Waals surface area contributed by atoms with E-state index in [1.54, 1.807) is 0 Å². The van der Waals surface area contributed by atoms with Crippen molar-refractivity contribution in [2.45, 2.75) is 129 Å². The fourth-order valence-electron chi connectivity index (χ4n) is 4.08. The molecule has 4 nitrogen and oxygen atoms in total. The first-order chi connectivity index (χ1) is 16.2. The topological polar surface area (TPSA) is 52.9 Å². The maximum atomic E-state index is 9.25. The van der Waals surface area contributed by atoms with Crippen LogP contribution in [0.15, 0.2) is 29.8 Å². The second kappa shape index (κ2) is 25.1. The molecule has 1 heterocycles. The summed E-state index contributed by atoms with van der Waals surface area (Å²) < 4.78 is 0. The van der Waals surface area contributed by atoms with Gasteiger partial charge in [0.25, 0.3) is 0 Å². The molecule has 1 aliphatic heterocycles. The average molecular weight is 463 g/mol. The number of carboxylic acid groups (broad SMARTS) is 1. The molecule has 0 fully saturated rings. The maximum absolute atomic E-state index is 9.25. The van der Waals surface area contributed by atoms with Gasteiger partial charge in [-0.3, -0.25) is 4.99 Å². The highest BCUT2D eigenvalue weighted by Gasteiger charge is 2.13. The summed E-state index contributed by atoms with van der Waals surface area (Å²) in [6.07, 6.45) is 30.7. The lowest BCUT2D eigenvalue weighted by Gasteiger charge is -2.18. The Labute approximate surface area is 205 Å². The Morgan fingerprint density at radius 3 is 1.79 bits per heavy atom. The van der Waals surface area contributed by atoms with Crippen molar-refractivity contribution < 1.29 is 9.90 Å². The zero-order chi connectivity index (χ0) is 24.4. The first kappa shape index (κ1) is 31.4. The van der Waals surface area contributed by atoms with E-state index in [9.17, 15) is 4.79 Å². The lowest BCUT2D eigenvalue weighted by Crippen LogP contribution is -2.27. The standard InChI is InChI=1S/C26H50N2.C3H4O2/c1-3-5-7-9-10-11-12-13-14-15-16-17-18-19-20-22-26-27-23-25-28(26)24-21-8-6-4-2;1-2-3(4)5/h20,22H,3-19,21,23-25H2,1-2H3;2H,1H2,(H,4,5). The van der Waals surface area contributed by atoms with Gasteiger partial charge in [0.15, 0.2) is 0 Å². The zero-order valence-corrected chi connectivity index (χ0v) is 22.0. The molecular formula is C29H54N2O2. The van der Waals surface area contributed by atoms with Gasteiger partial charge in [-0.1, -0.05) is 123 Å². The van der Waals surface area contributed by atoms with Crippen LogP contribution in [0.25, 0.3) is 0 Å². The van der Waals surface area contributed by atoms with Gasteiger partial charge in [-0.2, -0.15) is 0 Å². The number of aliphatic imine (C=N–C) groups is 1. The Morgan fingerprint density at radius 1 is 0.848 bits per heavy atom. The van der Waals surface area contributed by atoms with Crippen LogP contribution in [0.3, 0.4) is 0 Å². The van der Waals surface area contributed by atoms with Crippen LogP contribution in [-0.2, 0) is 4.79 Å². The van der Waals surface area contributed by atoms with Crippen molar-refractivity contribution in [1.29, 1.82) is 0 Å². The number of rotatable bonds is 21. The van der Waals surface area contributed by atoms with Gasteiger partial charge in [-0.25, -0.2) is 4.79 Å². The molecule has 0 aromatic carbocycles. The Balaban J connectivity index is 0.00000184. The lowest BCUT2D eigenvalue weighted by atomic mass is 10.0. The molecule has 0 atom stereocenters. The van der Waals surface area contributed by atoms with Gasteiger partial charge in [0, 0.05) is 19.2 Å². The first-order valence-electron chi connectivity index (χ1n) is 14.0. The average Bonchev–Trinajstić information content (AvgIpc) is 3.27. The maximum Gasteiger partial charge on any atom is 0.327 e. The third-order valence-electron chi connectivity index (χ3n) is 6.17. The van der Waals surface area contributed by atoms with E-state index in [-0.39, 0.29) is 0 Å². The Morgan fingerprint density at radius 2 is 1.30 bits per heavy atom. The van der Waals surface area contributed by atoms with Crippen molar-refractivity contribution in [3.05, 3.63) is 24.8 Å². The summed E-state index contributed by atoms with van der Waals surface area (Å²) in [5.41, 5.74) is 0. The van der Waals surface area contributed by atoms with Gasteiger partial charge in [0.05, 0.1) is 6.54 Å². The van der Waals surface area contributed by atoms with Crippen molar-refractivity contribution >= 4 is 11.8 Å². The highest BCUT2D eigenvalue weighted by Crippen LogP contribution is 2.13. The van der Waals surface area contributed by atoms with Crippen molar-refractivity contribution in [1.82, 2.24) is 4.90 Å². The van der Waals surface area contributed by atoms with Crippen molar-refractivity contribution in [2.24, 2.45) is 4.99 Å². The van der Waals surface area contributed by atoms with Gasteiger partial charge in [0.1, 0.15) is 5.84 Å². The third-order valence-corrected chi connectivity index (χ3v) is 6.17. The summed E-state index contributed by atoms with van der Waals surface area (Å²) >= 11 is 0. The molecule has 1 N–H and O–H groups in total. The first-order valence-corrected chi connectivity index (χ1v) is 14.0. The largest absolute Gasteiger partial charge is 0.478 e. The van der Waals surface area contributed by atoms with Crippen molar-refractivity contribution in [2.75, 3.05) is 19.6 Å². The van der Waals surface area contributed by atoms with Crippen LogP contribution in [0.2, 0.25) is 0 Å². The van der Waals surface area contributed by atoms with Gasteiger partial charge < -0.3 is 10.0 Å². The number of hydrogen-bond donors (Lipinski definition) is 1. The molecule has 1 rings (SSSR count). The fraction of sp³-hybridized carbons (Fsp3) is 0.793. The second-order valence-corrected chi connectivity index (χ2v) is 9.26. The SMILES string of the molecule is C=CC(=O)O.CCCCCCCCCCCCCCCC=CC1=NCCN1CCCCCC. The molecule has 0 saturated carbocycles. The molecule has 0 spiro atoms. The van der Waals surface area contributed by atoms with Gasteiger partial charge in [0.2, 0.25) is 0 Å². The molecule has 0 amide bonds. The zero-order valence-electron chi connectivity index (χ0n) is 22.0. The summed E-state index contributed by atoms with van der Waals surface area (Å²) in [5, 5.41) is 7.60. The molecule has 0 aromatic heterocycles. The number of carboxylic acids is 1. The summed E-state index contributed by atoms with van der Waals surface area (Å²) in [5.74, 6) is 0.260. The Kier molecular flexibility index (Phi) is 23.9. The molecule has 0 saturated heterocycles. The predicted octanol–water partition coefficient (Wildman–Crippen LogP) is 8.58. The van der Waals surface area contributed by atoms with Crippen LogP contribution in [-0.4, -0.2) is 41.4 Å².